The summed E-state index contributed by atoms with van der Waals surface area (Å²) in [5.41, 5.74) is -2.64. The summed E-state index contributed by atoms with van der Waals surface area (Å²) in [4.78, 5) is 42.0. The molecule has 6 amide bonds. The maximum absolute atomic E-state index is 13.6. The normalized spacial score (nSPS) is 31.3. The van der Waals surface area contributed by atoms with E-state index in [1.807, 2.05) is 13.8 Å². The molecule has 248 valence electrons. The van der Waals surface area contributed by atoms with Gasteiger partial charge in [-0.25, -0.2) is 14.4 Å². The van der Waals surface area contributed by atoms with Crippen LogP contribution in [0.1, 0.15) is 73.1 Å². The van der Waals surface area contributed by atoms with E-state index in [1.165, 1.54) is 0 Å². The van der Waals surface area contributed by atoms with E-state index in [-0.39, 0.29) is 38.1 Å². The molecule has 3 aliphatic heterocycles. The highest BCUT2D eigenvalue weighted by Gasteiger charge is 2.65. The monoisotopic (exact) mass is 620 g/mol. The van der Waals surface area contributed by atoms with Crippen LogP contribution in [0.2, 0.25) is 0 Å². The van der Waals surface area contributed by atoms with E-state index >= 15 is 0 Å². The van der Waals surface area contributed by atoms with Crippen LogP contribution >= 0.6 is 0 Å². The van der Waals surface area contributed by atoms with Crippen LogP contribution in [0.3, 0.4) is 0 Å². The summed E-state index contributed by atoms with van der Waals surface area (Å²) in [5, 5.41) is 66.3. The second kappa shape index (κ2) is 14.5. The maximum Gasteiger partial charge on any atom is 0.363 e. The molecular weight excluding hydrogens is 572 g/mol. The van der Waals surface area contributed by atoms with Gasteiger partial charge in [0.1, 0.15) is 0 Å². The van der Waals surface area contributed by atoms with E-state index in [0.717, 1.165) is 42.4 Å². The van der Waals surface area contributed by atoms with E-state index in [1.54, 1.807) is 13.8 Å². The van der Waals surface area contributed by atoms with Gasteiger partial charge in [-0.15, -0.1) is 0 Å². The number of aliphatic hydroxyl groups is 6. The molecule has 0 aromatic carbocycles. The number of nitrogens with zero attached hydrogens (tertiary/aromatic N) is 6. The molecule has 0 bridgehead atoms. The number of hydrazine groups is 2. The molecule has 0 aromatic heterocycles. The molecule has 0 spiro atoms. The Kier molecular flexibility index (Phi) is 11.8. The van der Waals surface area contributed by atoms with Gasteiger partial charge in [0.2, 0.25) is 12.0 Å². The second-order valence-corrected chi connectivity index (χ2v) is 11.3. The van der Waals surface area contributed by atoms with Crippen LogP contribution in [-0.2, 0) is 9.47 Å². The Morgan fingerprint density at radius 2 is 1.12 bits per heavy atom. The summed E-state index contributed by atoms with van der Waals surface area (Å²) in [6.07, 6.45) is -6.33. The van der Waals surface area contributed by atoms with Crippen LogP contribution in [0, 0.1) is 0 Å². The predicted molar refractivity (Wildman–Crippen MR) is 147 cm³/mol. The Labute approximate surface area is 251 Å². The fraction of sp³-hybridized carbons (Fsp3) is 0.885. The Bertz CT molecular complexity index is 976. The quantitative estimate of drug-likeness (QED) is 0.121. The van der Waals surface area contributed by atoms with E-state index in [2.05, 4.69) is 0 Å². The van der Waals surface area contributed by atoms with Gasteiger partial charge in [-0.2, -0.15) is 20.0 Å². The van der Waals surface area contributed by atoms with Gasteiger partial charge in [-0.3, -0.25) is 9.80 Å². The van der Waals surface area contributed by atoms with Crippen LogP contribution in [0.4, 0.5) is 14.4 Å². The fourth-order valence-electron chi connectivity index (χ4n) is 5.09. The molecule has 17 heteroatoms. The summed E-state index contributed by atoms with van der Waals surface area (Å²) >= 11 is 0. The topological polar surface area (TPSA) is 210 Å². The number of hydrogen-bond donors (Lipinski definition) is 6. The molecule has 0 aromatic rings. The molecule has 3 saturated heterocycles. The van der Waals surface area contributed by atoms with Crippen molar-refractivity contribution in [2.75, 3.05) is 26.3 Å². The molecule has 3 fully saturated rings. The summed E-state index contributed by atoms with van der Waals surface area (Å²) in [5.74, 6) is 0. The number of amides is 6. The van der Waals surface area contributed by atoms with E-state index in [9.17, 15) is 45.0 Å². The third kappa shape index (κ3) is 6.93. The minimum Gasteiger partial charge on any atom is -0.378 e. The Morgan fingerprint density at radius 1 is 0.698 bits per heavy atom. The van der Waals surface area contributed by atoms with Crippen LogP contribution in [0.5, 0.6) is 0 Å². The average Bonchev–Trinajstić information content (AvgIpc) is 3.36. The summed E-state index contributed by atoms with van der Waals surface area (Å²) < 4.78 is 11.3. The lowest BCUT2D eigenvalue weighted by molar-refractivity contribution is -0.233. The predicted octanol–water partition coefficient (Wildman–Crippen LogP) is -0.480. The third-order valence-electron chi connectivity index (χ3n) is 7.88. The number of urea groups is 3. The lowest BCUT2D eigenvalue weighted by atomic mass is 10.2. The summed E-state index contributed by atoms with van der Waals surface area (Å²) in [6.45, 7) is 9.45. The van der Waals surface area contributed by atoms with E-state index in [0.29, 0.717) is 33.2 Å². The van der Waals surface area contributed by atoms with Gasteiger partial charge < -0.3 is 40.1 Å². The first-order chi connectivity index (χ1) is 20.2. The molecule has 0 aliphatic carbocycles. The van der Waals surface area contributed by atoms with Crippen LogP contribution < -0.4 is 0 Å². The second-order valence-electron chi connectivity index (χ2n) is 11.3. The molecule has 0 saturated carbocycles. The van der Waals surface area contributed by atoms with Crippen molar-refractivity contribution in [1.82, 2.24) is 29.8 Å². The van der Waals surface area contributed by atoms with Gasteiger partial charge in [-0.05, 0) is 46.5 Å². The number of ether oxygens (including phenoxy) is 2. The smallest absolute Gasteiger partial charge is 0.363 e. The molecule has 3 rings (SSSR count). The number of unbranched alkanes of at least 4 members (excludes halogenated alkanes) is 2. The number of aliphatic hydroxyl groups excluding tert-OH is 5. The van der Waals surface area contributed by atoms with Crippen molar-refractivity contribution in [3.05, 3.63) is 0 Å². The highest BCUT2D eigenvalue weighted by atomic mass is 16.5. The SMILES string of the molecule is CCCCOC(C)CCN1C(=O)N(N2C(=O)N(N3C(=O)N(CCC(C)OCCCC)C(O)C3O)[C@@](C)(O)C2O)C(O)C1O. The number of hydrogen-bond acceptors (Lipinski definition) is 11. The molecular formula is C26H48N6O11. The molecule has 7 unspecified atom stereocenters. The fourth-order valence-corrected chi connectivity index (χ4v) is 5.09. The molecule has 8 atom stereocenters. The Morgan fingerprint density at radius 3 is 1.56 bits per heavy atom. The number of carbonyl (C=O) groups excluding carboxylic acids is 3. The van der Waals surface area contributed by atoms with Gasteiger partial charge in [-0.1, -0.05) is 26.7 Å². The first-order valence-electron chi connectivity index (χ1n) is 14.9. The van der Waals surface area contributed by atoms with Gasteiger partial charge in [0.25, 0.3) is 0 Å². The van der Waals surface area contributed by atoms with Crippen molar-refractivity contribution in [1.29, 1.82) is 0 Å². The lowest BCUT2D eigenvalue weighted by Crippen LogP contribution is -2.60. The zero-order valence-corrected chi connectivity index (χ0v) is 25.5. The Balaban J connectivity index is 1.75. The van der Waals surface area contributed by atoms with Gasteiger partial charge in [0.05, 0.1) is 12.2 Å². The Hall–Kier alpha value is -2.51. The third-order valence-corrected chi connectivity index (χ3v) is 7.88. The molecule has 43 heavy (non-hydrogen) atoms. The maximum atomic E-state index is 13.6. The zero-order valence-electron chi connectivity index (χ0n) is 25.5. The highest BCUT2D eigenvalue weighted by molar-refractivity contribution is 5.87. The van der Waals surface area contributed by atoms with Gasteiger partial charge >= 0.3 is 18.1 Å². The minimum absolute atomic E-state index is 0.0653. The summed E-state index contributed by atoms with van der Waals surface area (Å²) in [7, 11) is 0. The van der Waals surface area contributed by atoms with E-state index in [4.69, 9.17) is 9.47 Å². The van der Waals surface area contributed by atoms with Gasteiger partial charge in [0, 0.05) is 26.3 Å². The van der Waals surface area contributed by atoms with Crippen molar-refractivity contribution in [3.8, 4) is 0 Å². The molecule has 0 radical (unpaired) electrons. The molecule has 3 heterocycles. The van der Waals surface area contributed by atoms with Crippen LogP contribution in [0.15, 0.2) is 0 Å². The average molecular weight is 621 g/mol. The lowest BCUT2D eigenvalue weighted by Gasteiger charge is -2.36. The first-order valence-corrected chi connectivity index (χ1v) is 14.9. The molecule has 6 N–H and O–H groups in total. The van der Waals surface area contributed by atoms with Crippen molar-refractivity contribution in [2.45, 2.75) is 122 Å². The standard InChI is InChI=1S/C26H48N6O11/c1-6-8-14-42-16(3)10-12-27-18(33)20(35)29(23(27)38)31-22(37)26(5,41)32(25(31)40)30-21(36)19(34)28(24(30)39)13-11-17(4)43-15-9-7-2/h16-22,33-37,41H,6-15H2,1-5H3/t16?,17?,18?,19?,20?,21?,22?,26-/m0/s1. The number of rotatable bonds is 16. The minimum atomic E-state index is -2.64. The van der Waals surface area contributed by atoms with Crippen LogP contribution in [0.25, 0.3) is 0 Å². The van der Waals surface area contributed by atoms with E-state index < -0.39 is 55.0 Å². The van der Waals surface area contributed by atoms with Crippen molar-refractivity contribution >= 4 is 18.1 Å². The first kappa shape index (κ1) is 35.0. The van der Waals surface area contributed by atoms with Crippen molar-refractivity contribution in [2.24, 2.45) is 0 Å². The van der Waals surface area contributed by atoms with Crippen molar-refractivity contribution in [3.63, 3.8) is 0 Å². The largest absolute Gasteiger partial charge is 0.378 e. The van der Waals surface area contributed by atoms with Gasteiger partial charge in [0.15, 0.2) is 24.9 Å². The molecule has 17 nitrogen and oxygen atoms in total. The molecule has 3 aliphatic rings. The summed E-state index contributed by atoms with van der Waals surface area (Å²) in [6, 6.07) is -3.50. The van der Waals surface area contributed by atoms with Crippen LogP contribution in [-0.4, -0.2) is 154 Å². The highest BCUT2D eigenvalue weighted by Crippen LogP contribution is 2.38. The van der Waals surface area contributed by atoms with Crippen molar-refractivity contribution < 1.29 is 54.5 Å². The number of carbonyl (C=O) groups is 3. The zero-order chi connectivity index (χ0) is 32.2.